The summed E-state index contributed by atoms with van der Waals surface area (Å²) in [5, 5.41) is 2.48. The molecule has 1 aliphatic heterocycles. The van der Waals surface area contributed by atoms with Crippen molar-refractivity contribution in [1.82, 2.24) is 15.1 Å². The predicted octanol–water partition coefficient (Wildman–Crippen LogP) is 3.06. The highest BCUT2D eigenvalue weighted by atomic mass is 35.5. The molecule has 1 saturated heterocycles. The highest BCUT2D eigenvalue weighted by Crippen LogP contribution is 2.21. The van der Waals surface area contributed by atoms with Crippen LogP contribution in [0.4, 0.5) is 4.39 Å². The topological polar surface area (TPSA) is 104 Å². The number of nitrogens with one attached hydrogen (secondary N) is 1. The fraction of sp³-hybridized carbons (Fsp3) is 0.208. The minimum absolute atomic E-state index is 0.0431. The number of rotatable bonds is 6. The number of carbonyl (C=O) groups excluding carboxylic acids is 3. The van der Waals surface area contributed by atoms with Gasteiger partial charge in [0.05, 0.1) is 9.77 Å². The van der Waals surface area contributed by atoms with Crippen molar-refractivity contribution in [1.29, 1.82) is 0 Å². The van der Waals surface area contributed by atoms with Gasteiger partial charge in [0, 0.05) is 36.8 Å². The van der Waals surface area contributed by atoms with Crippen LogP contribution < -0.4 is 5.32 Å². The van der Waals surface area contributed by atoms with Crippen molar-refractivity contribution in [2.24, 2.45) is 0 Å². The van der Waals surface area contributed by atoms with Gasteiger partial charge in [0.25, 0.3) is 17.7 Å². The molecule has 0 saturated carbocycles. The van der Waals surface area contributed by atoms with Crippen molar-refractivity contribution in [3.05, 3.63) is 87.3 Å². The lowest BCUT2D eigenvalue weighted by molar-refractivity contribution is -0.132. The van der Waals surface area contributed by atoms with E-state index >= 15 is 0 Å². The van der Waals surface area contributed by atoms with E-state index in [1.54, 1.807) is 11.4 Å². The Kier molecular flexibility index (Phi) is 7.72. The Morgan fingerprint density at radius 1 is 0.944 bits per heavy atom. The van der Waals surface area contributed by atoms with E-state index in [9.17, 15) is 27.2 Å². The number of halogens is 2. The van der Waals surface area contributed by atoms with E-state index in [1.165, 1.54) is 58.3 Å². The van der Waals surface area contributed by atoms with Crippen molar-refractivity contribution < 1.29 is 27.2 Å². The van der Waals surface area contributed by atoms with Crippen molar-refractivity contribution in [2.75, 3.05) is 26.2 Å². The van der Waals surface area contributed by atoms with Crippen LogP contribution in [0.3, 0.4) is 0 Å². The zero-order valence-corrected chi connectivity index (χ0v) is 21.2. The quantitative estimate of drug-likeness (QED) is 0.509. The number of amides is 3. The molecule has 0 spiro atoms. The molecule has 3 amide bonds. The first kappa shape index (κ1) is 25.8. The summed E-state index contributed by atoms with van der Waals surface area (Å²) in [5.74, 6) is -2.43. The van der Waals surface area contributed by atoms with E-state index in [0.717, 1.165) is 17.4 Å². The molecule has 1 N–H and O–H groups in total. The molecule has 0 unspecified atom stereocenters. The molecule has 12 heteroatoms. The Morgan fingerprint density at radius 2 is 1.61 bits per heavy atom. The van der Waals surface area contributed by atoms with Gasteiger partial charge in [0.15, 0.2) is 0 Å². The summed E-state index contributed by atoms with van der Waals surface area (Å²) in [4.78, 5) is 41.7. The SMILES string of the molecule is O=C(N[C@@H](C(=O)N1CCN(C(=O)c2cccc(F)c2)CC1)S(=O)(=O)c1ccc(Cl)cc1)c1cccs1. The molecule has 2 aromatic carbocycles. The Hall–Kier alpha value is -3.28. The van der Waals surface area contributed by atoms with Crippen molar-refractivity contribution in [3.63, 3.8) is 0 Å². The van der Waals surface area contributed by atoms with Gasteiger partial charge in [-0.3, -0.25) is 14.4 Å². The lowest BCUT2D eigenvalue weighted by Gasteiger charge is -2.36. The van der Waals surface area contributed by atoms with Gasteiger partial charge in [0.2, 0.25) is 15.2 Å². The van der Waals surface area contributed by atoms with Gasteiger partial charge >= 0.3 is 0 Å². The lowest BCUT2D eigenvalue weighted by atomic mass is 10.1. The molecule has 8 nitrogen and oxygen atoms in total. The summed E-state index contributed by atoms with van der Waals surface area (Å²) in [6, 6.07) is 13.8. The maximum absolute atomic E-state index is 13.5. The van der Waals surface area contributed by atoms with Gasteiger partial charge in [-0.25, -0.2) is 12.8 Å². The summed E-state index contributed by atoms with van der Waals surface area (Å²) < 4.78 is 40.4. The zero-order chi connectivity index (χ0) is 25.9. The van der Waals surface area contributed by atoms with Crippen LogP contribution in [0, 0.1) is 5.82 Å². The molecule has 2 heterocycles. The number of nitrogens with zero attached hydrogens (tertiary/aromatic N) is 2. The standard InChI is InChI=1S/C24H21ClFN3O5S2/c25-17-6-8-19(9-7-17)36(33,34)22(27-21(30)20-5-2-14-35-20)24(32)29-12-10-28(11-13-29)23(31)16-3-1-4-18(26)15-16/h1-9,14-15,22H,10-13H2,(H,27,30)/t22-/m1/s1. The Bertz CT molecular complexity index is 1370. The molecule has 1 aliphatic rings. The van der Waals surface area contributed by atoms with Crippen molar-refractivity contribution in [3.8, 4) is 0 Å². The van der Waals surface area contributed by atoms with Gasteiger partial charge in [-0.05, 0) is 53.9 Å². The number of benzene rings is 2. The third-order valence-corrected chi connectivity index (χ3v) is 8.62. The molecular weight excluding hydrogens is 529 g/mol. The van der Waals surface area contributed by atoms with E-state index in [4.69, 9.17) is 11.6 Å². The highest BCUT2D eigenvalue weighted by Gasteiger charge is 2.39. The van der Waals surface area contributed by atoms with Crippen LogP contribution in [-0.4, -0.2) is 67.5 Å². The van der Waals surface area contributed by atoms with Crippen LogP contribution >= 0.6 is 22.9 Å². The van der Waals surface area contributed by atoms with Gasteiger partial charge in [0.1, 0.15) is 5.82 Å². The molecule has 36 heavy (non-hydrogen) atoms. The third-order valence-electron chi connectivity index (χ3n) is 5.63. The minimum Gasteiger partial charge on any atom is -0.336 e. The van der Waals surface area contributed by atoms with E-state index in [1.807, 2.05) is 0 Å². The molecule has 1 fully saturated rings. The normalized spacial score (nSPS) is 14.8. The van der Waals surface area contributed by atoms with Crippen LogP contribution in [0.15, 0.2) is 70.9 Å². The largest absolute Gasteiger partial charge is 0.336 e. The fourth-order valence-corrected chi connectivity index (χ4v) is 5.95. The Morgan fingerprint density at radius 3 is 2.22 bits per heavy atom. The summed E-state index contributed by atoms with van der Waals surface area (Å²) in [5.41, 5.74) is 0.182. The van der Waals surface area contributed by atoms with Gasteiger partial charge < -0.3 is 15.1 Å². The van der Waals surface area contributed by atoms with Crippen molar-refractivity contribution in [2.45, 2.75) is 10.3 Å². The molecule has 3 aromatic rings. The minimum atomic E-state index is -4.33. The molecule has 1 atom stereocenters. The maximum Gasteiger partial charge on any atom is 0.262 e. The van der Waals surface area contributed by atoms with Crippen molar-refractivity contribution >= 4 is 50.5 Å². The number of hydrogen-bond acceptors (Lipinski definition) is 6. The van der Waals surface area contributed by atoms with Gasteiger partial charge in [-0.1, -0.05) is 23.7 Å². The number of sulfone groups is 1. The number of thiophene rings is 1. The second-order valence-electron chi connectivity index (χ2n) is 7.96. The van der Waals surface area contributed by atoms with Crippen LogP contribution in [0.2, 0.25) is 5.02 Å². The zero-order valence-electron chi connectivity index (χ0n) is 18.8. The van der Waals surface area contributed by atoms with Gasteiger partial charge in [-0.2, -0.15) is 0 Å². The van der Waals surface area contributed by atoms with Crippen LogP contribution in [0.1, 0.15) is 20.0 Å². The smallest absolute Gasteiger partial charge is 0.262 e. The number of carbonyl (C=O) groups is 3. The molecule has 1 aromatic heterocycles. The van der Waals surface area contributed by atoms with Crippen LogP contribution in [-0.2, 0) is 14.6 Å². The first-order valence-electron chi connectivity index (χ1n) is 10.8. The van der Waals surface area contributed by atoms with E-state index in [0.29, 0.717) is 5.02 Å². The Balaban J connectivity index is 1.53. The third kappa shape index (κ3) is 5.58. The number of hydrogen-bond donors (Lipinski definition) is 1. The number of piperazine rings is 1. The summed E-state index contributed by atoms with van der Waals surface area (Å²) in [6.07, 6.45) is 0. The predicted molar refractivity (Wildman–Crippen MR) is 133 cm³/mol. The maximum atomic E-state index is 13.5. The lowest BCUT2D eigenvalue weighted by Crippen LogP contribution is -2.57. The van der Waals surface area contributed by atoms with Gasteiger partial charge in [-0.15, -0.1) is 11.3 Å². The van der Waals surface area contributed by atoms with E-state index < -0.39 is 38.7 Å². The molecule has 188 valence electrons. The highest BCUT2D eigenvalue weighted by molar-refractivity contribution is 7.92. The second-order valence-corrected chi connectivity index (χ2v) is 11.4. The van der Waals surface area contributed by atoms with E-state index in [2.05, 4.69) is 5.32 Å². The summed E-state index contributed by atoms with van der Waals surface area (Å²) >= 11 is 6.99. The molecule has 4 rings (SSSR count). The second kappa shape index (κ2) is 10.8. The summed E-state index contributed by atoms with van der Waals surface area (Å²) in [7, 11) is -4.33. The molecule has 0 bridgehead atoms. The monoisotopic (exact) mass is 549 g/mol. The van der Waals surface area contributed by atoms with E-state index in [-0.39, 0.29) is 41.5 Å². The Labute approximate surface area is 216 Å². The average Bonchev–Trinajstić information content (AvgIpc) is 3.42. The van der Waals surface area contributed by atoms with Crippen LogP contribution in [0.25, 0.3) is 0 Å². The molecular formula is C24H21ClFN3O5S2. The molecule has 0 radical (unpaired) electrons. The summed E-state index contributed by atoms with van der Waals surface area (Å²) in [6.45, 7) is 0.324. The first-order valence-corrected chi connectivity index (χ1v) is 13.6. The molecule has 0 aliphatic carbocycles. The average molecular weight is 550 g/mol. The fourth-order valence-electron chi connectivity index (χ4n) is 3.73. The van der Waals surface area contributed by atoms with Crippen LogP contribution in [0.5, 0.6) is 0 Å². The first-order chi connectivity index (χ1) is 17.2.